The quantitative estimate of drug-likeness (QED) is 0.282. The molecule has 0 aromatic carbocycles. The molecular weight excluding hydrogens is 509 g/mol. The molecule has 0 aliphatic carbocycles. The third kappa shape index (κ3) is 8.69. The molecule has 1 aliphatic heterocycles. The number of aliphatic imine (C=N–C) groups is 1. The first-order valence-electron chi connectivity index (χ1n) is 10.7. The van der Waals surface area contributed by atoms with Gasteiger partial charge in [-0.2, -0.15) is 4.98 Å². The van der Waals surface area contributed by atoms with Gasteiger partial charge in [-0.1, -0.05) is 25.1 Å². The van der Waals surface area contributed by atoms with Crippen LogP contribution in [0.2, 0.25) is 0 Å². The first kappa shape index (κ1) is 25.5. The molecule has 172 valence electrons. The van der Waals surface area contributed by atoms with Crippen LogP contribution in [-0.4, -0.2) is 78.0 Å². The molecule has 2 aromatic rings. The molecule has 0 amide bonds. The molecule has 1 aliphatic rings. The lowest BCUT2D eigenvalue weighted by molar-refractivity contribution is -0.0261. The van der Waals surface area contributed by atoms with Crippen LogP contribution in [0.3, 0.4) is 0 Å². The van der Waals surface area contributed by atoms with Crippen LogP contribution in [0.1, 0.15) is 26.6 Å². The molecule has 1 fully saturated rings. The number of aromatic nitrogens is 3. The zero-order valence-electron chi connectivity index (χ0n) is 18.6. The molecule has 2 N–H and O–H groups in total. The average molecular weight is 543 g/mol. The Bertz CT molecular complexity index is 785. The summed E-state index contributed by atoms with van der Waals surface area (Å²) in [6.45, 7) is 12.4. The Balaban J connectivity index is 0.00000341. The third-order valence-corrected chi connectivity index (χ3v) is 4.64. The second-order valence-corrected chi connectivity index (χ2v) is 7.77. The van der Waals surface area contributed by atoms with E-state index in [2.05, 4.69) is 51.4 Å². The maximum atomic E-state index is 5.89. The van der Waals surface area contributed by atoms with Crippen LogP contribution in [0.5, 0.6) is 0 Å². The van der Waals surface area contributed by atoms with Crippen LogP contribution in [0.15, 0.2) is 33.9 Å². The van der Waals surface area contributed by atoms with Crippen molar-refractivity contribution in [3.05, 3.63) is 30.2 Å². The second kappa shape index (κ2) is 13.6. The largest absolute Gasteiger partial charge is 0.374 e. The highest BCUT2D eigenvalue weighted by atomic mass is 127. The summed E-state index contributed by atoms with van der Waals surface area (Å²) in [5.74, 6) is 2.51. The highest BCUT2D eigenvalue weighted by Gasteiger charge is 2.20. The van der Waals surface area contributed by atoms with Gasteiger partial charge < -0.3 is 19.9 Å². The number of halogens is 1. The molecule has 31 heavy (non-hydrogen) atoms. The second-order valence-electron chi connectivity index (χ2n) is 7.77. The molecule has 3 heterocycles. The number of hydrogen-bond acceptors (Lipinski definition) is 7. The highest BCUT2D eigenvalue weighted by molar-refractivity contribution is 14.0. The SMILES string of the molecule is CCNC(=NCC1CN(CC(C)C)CCO1)NCCc1noc(-c2ccccn2)n1.I. The van der Waals surface area contributed by atoms with Crippen LogP contribution in [0, 0.1) is 5.92 Å². The topological polar surface area (TPSA) is 101 Å². The van der Waals surface area contributed by atoms with Gasteiger partial charge in [0.2, 0.25) is 0 Å². The molecule has 2 aromatic heterocycles. The van der Waals surface area contributed by atoms with E-state index in [-0.39, 0.29) is 30.1 Å². The Morgan fingerprint density at radius 2 is 2.19 bits per heavy atom. The van der Waals surface area contributed by atoms with Gasteiger partial charge >= 0.3 is 0 Å². The number of hydrogen-bond donors (Lipinski definition) is 2. The molecule has 10 heteroatoms. The minimum absolute atomic E-state index is 0. The Kier molecular flexibility index (Phi) is 11.2. The fraction of sp³-hybridized carbons (Fsp3) is 0.619. The number of pyridine rings is 1. The summed E-state index contributed by atoms with van der Waals surface area (Å²) >= 11 is 0. The molecule has 1 atom stereocenters. The minimum Gasteiger partial charge on any atom is -0.374 e. The van der Waals surface area contributed by atoms with Crippen molar-refractivity contribution < 1.29 is 9.26 Å². The summed E-state index contributed by atoms with van der Waals surface area (Å²) < 4.78 is 11.2. The standard InChI is InChI=1S/C21H33N7O2.HI/c1-4-22-21(25-13-17-15-28(11-12-29-17)14-16(2)3)24-10-8-19-26-20(30-27-19)18-7-5-6-9-23-18;/h5-7,9,16-17H,4,8,10-15H2,1-3H3,(H2,22,24,25);1H. The van der Waals surface area contributed by atoms with Gasteiger partial charge in [-0.05, 0) is 25.0 Å². The molecule has 3 rings (SSSR count). The predicted molar refractivity (Wildman–Crippen MR) is 132 cm³/mol. The van der Waals surface area contributed by atoms with E-state index in [0.717, 1.165) is 38.7 Å². The van der Waals surface area contributed by atoms with Crippen molar-refractivity contribution in [1.29, 1.82) is 0 Å². The lowest BCUT2D eigenvalue weighted by Gasteiger charge is -2.33. The van der Waals surface area contributed by atoms with Crippen molar-refractivity contribution in [1.82, 2.24) is 30.7 Å². The molecule has 0 radical (unpaired) electrons. The summed E-state index contributed by atoms with van der Waals surface area (Å²) in [6.07, 6.45) is 2.46. The van der Waals surface area contributed by atoms with Crippen LogP contribution < -0.4 is 10.6 Å². The number of nitrogens with zero attached hydrogens (tertiary/aromatic N) is 5. The van der Waals surface area contributed by atoms with Gasteiger partial charge in [0.05, 0.1) is 19.3 Å². The van der Waals surface area contributed by atoms with Crippen LogP contribution in [-0.2, 0) is 11.2 Å². The van der Waals surface area contributed by atoms with Crippen molar-refractivity contribution in [3.8, 4) is 11.6 Å². The van der Waals surface area contributed by atoms with Crippen molar-refractivity contribution in [2.75, 3.05) is 45.9 Å². The number of morpholine rings is 1. The van der Waals surface area contributed by atoms with E-state index in [4.69, 9.17) is 14.3 Å². The zero-order valence-corrected chi connectivity index (χ0v) is 20.9. The van der Waals surface area contributed by atoms with Crippen LogP contribution in [0.4, 0.5) is 0 Å². The maximum Gasteiger partial charge on any atom is 0.276 e. The van der Waals surface area contributed by atoms with E-state index in [0.29, 0.717) is 42.8 Å². The first-order chi connectivity index (χ1) is 14.6. The van der Waals surface area contributed by atoms with E-state index in [9.17, 15) is 0 Å². The van der Waals surface area contributed by atoms with E-state index in [1.54, 1.807) is 6.20 Å². The molecule has 0 saturated carbocycles. The summed E-state index contributed by atoms with van der Waals surface area (Å²) in [7, 11) is 0. The van der Waals surface area contributed by atoms with Gasteiger partial charge in [-0.15, -0.1) is 24.0 Å². The molecule has 9 nitrogen and oxygen atoms in total. The maximum absolute atomic E-state index is 5.89. The first-order valence-corrected chi connectivity index (χ1v) is 10.7. The molecule has 1 unspecified atom stereocenters. The summed E-state index contributed by atoms with van der Waals surface area (Å²) in [5, 5.41) is 10.6. The number of nitrogens with one attached hydrogen (secondary N) is 2. The van der Waals surface area contributed by atoms with Crippen molar-refractivity contribution in [2.45, 2.75) is 33.3 Å². The Hall–Kier alpha value is -1.79. The number of ether oxygens (including phenoxy) is 1. The van der Waals surface area contributed by atoms with E-state index < -0.39 is 0 Å². The Morgan fingerprint density at radius 3 is 2.94 bits per heavy atom. The van der Waals surface area contributed by atoms with E-state index >= 15 is 0 Å². The smallest absolute Gasteiger partial charge is 0.276 e. The summed E-state index contributed by atoms with van der Waals surface area (Å²) in [5.41, 5.74) is 0.679. The van der Waals surface area contributed by atoms with Crippen molar-refractivity contribution in [2.24, 2.45) is 10.9 Å². The lowest BCUT2D eigenvalue weighted by atomic mass is 10.2. The molecular formula is C21H34IN7O2. The molecule has 1 saturated heterocycles. The zero-order chi connectivity index (χ0) is 21.2. The summed E-state index contributed by atoms with van der Waals surface area (Å²) in [6, 6.07) is 5.60. The predicted octanol–water partition coefficient (Wildman–Crippen LogP) is 2.20. The van der Waals surface area contributed by atoms with Gasteiger partial charge in [0.1, 0.15) is 5.69 Å². The van der Waals surface area contributed by atoms with Gasteiger partial charge in [0.25, 0.3) is 5.89 Å². The lowest BCUT2D eigenvalue weighted by Crippen LogP contribution is -2.46. The molecule has 0 bridgehead atoms. The number of rotatable bonds is 9. The Labute approximate surface area is 201 Å². The normalized spacial score (nSPS) is 17.4. The van der Waals surface area contributed by atoms with Crippen molar-refractivity contribution >= 4 is 29.9 Å². The van der Waals surface area contributed by atoms with Crippen LogP contribution >= 0.6 is 24.0 Å². The van der Waals surface area contributed by atoms with Crippen molar-refractivity contribution in [3.63, 3.8) is 0 Å². The van der Waals surface area contributed by atoms with E-state index in [1.807, 2.05) is 18.2 Å². The molecule has 0 spiro atoms. The highest BCUT2D eigenvalue weighted by Crippen LogP contribution is 2.13. The average Bonchev–Trinajstić information content (AvgIpc) is 3.21. The third-order valence-electron chi connectivity index (χ3n) is 4.64. The Morgan fingerprint density at radius 1 is 1.32 bits per heavy atom. The van der Waals surface area contributed by atoms with Gasteiger partial charge in [-0.25, -0.2) is 0 Å². The van der Waals surface area contributed by atoms with Gasteiger partial charge in [0, 0.05) is 45.3 Å². The van der Waals surface area contributed by atoms with Gasteiger partial charge in [-0.3, -0.25) is 14.9 Å². The summed E-state index contributed by atoms with van der Waals surface area (Å²) in [4.78, 5) is 15.8. The number of guanidine groups is 1. The van der Waals surface area contributed by atoms with Crippen LogP contribution in [0.25, 0.3) is 11.6 Å². The fourth-order valence-electron chi connectivity index (χ4n) is 3.35. The minimum atomic E-state index is 0. The fourth-order valence-corrected chi connectivity index (χ4v) is 3.35. The monoisotopic (exact) mass is 543 g/mol. The van der Waals surface area contributed by atoms with Gasteiger partial charge in [0.15, 0.2) is 11.8 Å². The van der Waals surface area contributed by atoms with E-state index in [1.165, 1.54) is 0 Å².